The number of hydrogen-bond donors (Lipinski definition) is 1. The molecule has 1 aliphatic heterocycles. The van der Waals surface area contributed by atoms with E-state index in [-0.39, 0.29) is 5.56 Å². The molecule has 0 radical (unpaired) electrons. The van der Waals surface area contributed by atoms with Crippen molar-refractivity contribution in [1.82, 2.24) is 4.90 Å². The van der Waals surface area contributed by atoms with Crippen molar-refractivity contribution in [3.63, 3.8) is 0 Å². The van der Waals surface area contributed by atoms with Gasteiger partial charge in [-0.15, -0.1) is 0 Å². The van der Waals surface area contributed by atoms with Crippen molar-refractivity contribution in [3.8, 4) is 0 Å². The lowest BCUT2D eigenvalue weighted by atomic mass is 9.83. The van der Waals surface area contributed by atoms with Gasteiger partial charge in [0.05, 0.1) is 11.2 Å². The maximum absolute atomic E-state index is 13.7. The third-order valence-electron chi connectivity index (χ3n) is 3.78. The number of nitrogens with zero attached hydrogens (tertiary/aromatic N) is 1. The minimum Gasteiger partial charge on any atom is -0.385 e. The summed E-state index contributed by atoms with van der Waals surface area (Å²) in [5, 5.41) is 10.5. The Kier molecular flexibility index (Phi) is 3.69. The molecule has 0 spiro atoms. The van der Waals surface area contributed by atoms with E-state index in [2.05, 4.69) is 18.7 Å². The van der Waals surface area contributed by atoms with E-state index in [1.165, 1.54) is 18.2 Å². The first-order valence-electron chi connectivity index (χ1n) is 6.35. The van der Waals surface area contributed by atoms with Crippen LogP contribution in [0.1, 0.15) is 32.3 Å². The second kappa shape index (κ2) is 4.94. The highest BCUT2D eigenvalue weighted by Crippen LogP contribution is 2.36. The zero-order valence-electron chi connectivity index (χ0n) is 10.8. The van der Waals surface area contributed by atoms with Gasteiger partial charge in [-0.25, -0.2) is 8.78 Å². The highest BCUT2D eigenvalue weighted by atomic mass is 19.1. The molecule has 1 aliphatic rings. The van der Waals surface area contributed by atoms with Gasteiger partial charge in [0.25, 0.3) is 0 Å². The van der Waals surface area contributed by atoms with Crippen LogP contribution in [-0.2, 0) is 5.60 Å². The number of piperidine rings is 1. The summed E-state index contributed by atoms with van der Waals surface area (Å²) < 4.78 is 27.4. The number of halogens is 2. The molecule has 1 aromatic rings. The van der Waals surface area contributed by atoms with E-state index >= 15 is 0 Å². The lowest BCUT2D eigenvalue weighted by molar-refractivity contribution is -0.0373. The van der Waals surface area contributed by atoms with Crippen molar-refractivity contribution in [1.29, 1.82) is 0 Å². The van der Waals surface area contributed by atoms with E-state index in [1.807, 2.05) is 0 Å². The highest BCUT2D eigenvalue weighted by Gasteiger charge is 2.38. The standard InChI is InChI=1S/C14H19F2NO/c1-10(2)17-8-6-14(18,7-9-17)13-11(15)4-3-5-12(13)16/h3-5,10,18H,6-9H2,1-2H3. The monoisotopic (exact) mass is 255 g/mol. The van der Waals surface area contributed by atoms with E-state index in [0.717, 1.165) is 0 Å². The summed E-state index contributed by atoms with van der Waals surface area (Å²) in [4.78, 5) is 2.20. The van der Waals surface area contributed by atoms with Crippen LogP contribution in [0.3, 0.4) is 0 Å². The molecule has 0 aliphatic carbocycles. The van der Waals surface area contributed by atoms with E-state index < -0.39 is 17.2 Å². The van der Waals surface area contributed by atoms with Gasteiger partial charge in [0.2, 0.25) is 0 Å². The highest BCUT2D eigenvalue weighted by molar-refractivity contribution is 5.27. The second-order valence-electron chi connectivity index (χ2n) is 5.26. The Labute approximate surface area is 106 Å². The first-order valence-corrected chi connectivity index (χ1v) is 6.35. The molecule has 0 aromatic heterocycles. The molecule has 1 aromatic carbocycles. The normalized spacial score (nSPS) is 20.3. The molecule has 0 unspecified atom stereocenters. The minimum atomic E-state index is -1.37. The quantitative estimate of drug-likeness (QED) is 0.878. The molecule has 18 heavy (non-hydrogen) atoms. The molecule has 1 fully saturated rings. The van der Waals surface area contributed by atoms with Gasteiger partial charge in [0.1, 0.15) is 11.6 Å². The third-order valence-corrected chi connectivity index (χ3v) is 3.78. The number of hydrogen-bond acceptors (Lipinski definition) is 2. The van der Waals surface area contributed by atoms with E-state index in [4.69, 9.17) is 0 Å². The Morgan fingerprint density at radius 3 is 2.11 bits per heavy atom. The number of likely N-dealkylation sites (tertiary alicyclic amines) is 1. The fourth-order valence-electron chi connectivity index (χ4n) is 2.60. The minimum absolute atomic E-state index is 0.173. The Balaban J connectivity index is 2.24. The Hall–Kier alpha value is -1.00. The molecule has 0 amide bonds. The molecule has 4 heteroatoms. The van der Waals surface area contributed by atoms with Crippen molar-refractivity contribution < 1.29 is 13.9 Å². The maximum atomic E-state index is 13.7. The van der Waals surface area contributed by atoms with Crippen LogP contribution in [-0.4, -0.2) is 29.1 Å². The molecule has 1 N–H and O–H groups in total. The van der Waals surface area contributed by atoms with Crippen molar-refractivity contribution >= 4 is 0 Å². The van der Waals surface area contributed by atoms with Crippen molar-refractivity contribution in [3.05, 3.63) is 35.4 Å². The van der Waals surface area contributed by atoms with Gasteiger partial charge in [0.15, 0.2) is 0 Å². The fourth-order valence-corrected chi connectivity index (χ4v) is 2.60. The van der Waals surface area contributed by atoms with Gasteiger partial charge < -0.3 is 10.0 Å². The number of benzene rings is 1. The molecule has 0 bridgehead atoms. The van der Waals surface area contributed by atoms with E-state index in [1.54, 1.807) is 0 Å². The van der Waals surface area contributed by atoms with E-state index in [9.17, 15) is 13.9 Å². The Morgan fingerprint density at radius 2 is 1.67 bits per heavy atom. The van der Waals surface area contributed by atoms with Gasteiger partial charge in [-0.05, 0) is 38.8 Å². The second-order valence-corrected chi connectivity index (χ2v) is 5.26. The molecule has 100 valence electrons. The molecule has 2 rings (SSSR count). The molecule has 1 heterocycles. The lowest BCUT2D eigenvalue weighted by Crippen LogP contribution is -2.46. The van der Waals surface area contributed by atoms with Crippen molar-refractivity contribution in [2.24, 2.45) is 0 Å². The smallest absolute Gasteiger partial charge is 0.132 e. The first kappa shape index (κ1) is 13.4. The summed E-state index contributed by atoms with van der Waals surface area (Å²) in [6.45, 7) is 5.46. The predicted octanol–water partition coefficient (Wildman–Crippen LogP) is 2.66. The molecular weight excluding hydrogens is 236 g/mol. The zero-order chi connectivity index (χ0) is 13.3. The van der Waals surface area contributed by atoms with Crippen LogP contribution in [0.25, 0.3) is 0 Å². The summed E-state index contributed by atoms with van der Waals surface area (Å²) in [5.41, 5.74) is -1.55. The first-order chi connectivity index (χ1) is 8.44. The zero-order valence-corrected chi connectivity index (χ0v) is 10.8. The van der Waals surface area contributed by atoms with Crippen molar-refractivity contribution in [2.75, 3.05) is 13.1 Å². The van der Waals surface area contributed by atoms with Gasteiger partial charge in [-0.2, -0.15) is 0 Å². The maximum Gasteiger partial charge on any atom is 0.132 e. The average molecular weight is 255 g/mol. The predicted molar refractivity (Wildman–Crippen MR) is 66.2 cm³/mol. The third kappa shape index (κ3) is 2.40. The summed E-state index contributed by atoms with van der Waals surface area (Å²) >= 11 is 0. The molecule has 0 atom stereocenters. The van der Waals surface area contributed by atoms with Crippen LogP contribution in [0.2, 0.25) is 0 Å². The Morgan fingerprint density at radius 1 is 1.17 bits per heavy atom. The van der Waals surface area contributed by atoms with Gasteiger partial charge >= 0.3 is 0 Å². The number of aliphatic hydroxyl groups is 1. The molecule has 1 saturated heterocycles. The van der Waals surface area contributed by atoms with Crippen LogP contribution in [0.15, 0.2) is 18.2 Å². The lowest BCUT2D eigenvalue weighted by Gasteiger charge is -2.40. The Bertz CT molecular complexity index is 406. The number of rotatable bonds is 2. The summed E-state index contributed by atoms with van der Waals surface area (Å²) in [6, 6.07) is 4.11. The van der Waals surface area contributed by atoms with Crippen LogP contribution >= 0.6 is 0 Å². The SMILES string of the molecule is CC(C)N1CCC(O)(c2c(F)cccc2F)CC1. The van der Waals surface area contributed by atoms with Crippen molar-refractivity contribution in [2.45, 2.75) is 38.3 Å². The van der Waals surface area contributed by atoms with Crippen LogP contribution < -0.4 is 0 Å². The summed E-state index contributed by atoms with van der Waals surface area (Å²) in [6.07, 6.45) is 0.728. The molecular formula is C14H19F2NO. The fraction of sp³-hybridized carbons (Fsp3) is 0.571. The van der Waals surface area contributed by atoms with Crippen LogP contribution in [0, 0.1) is 11.6 Å². The van der Waals surface area contributed by atoms with Crippen LogP contribution in [0.5, 0.6) is 0 Å². The van der Waals surface area contributed by atoms with E-state index in [0.29, 0.717) is 32.0 Å². The van der Waals surface area contributed by atoms with Gasteiger partial charge in [-0.3, -0.25) is 0 Å². The summed E-state index contributed by atoms with van der Waals surface area (Å²) in [5.74, 6) is -1.31. The molecule has 2 nitrogen and oxygen atoms in total. The van der Waals surface area contributed by atoms with Gasteiger partial charge in [-0.1, -0.05) is 6.07 Å². The average Bonchev–Trinajstić information content (AvgIpc) is 2.29. The largest absolute Gasteiger partial charge is 0.385 e. The topological polar surface area (TPSA) is 23.5 Å². The van der Waals surface area contributed by atoms with Crippen LogP contribution in [0.4, 0.5) is 8.78 Å². The van der Waals surface area contributed by atoms with Gasteiger partial charge in [0, 0.05) is 19.1 Å². The summed E-state index contributed by atoms with van der Waals surface area (Å²) in [7, 11) is 0. The molecule has 0 saturated carbocycles.